The maximum atomic E-state index is 12.7. The number of nitrogens with two attached hydrogens (primary N) is 1. The molecular weight excluding hydrogens is 498 g/mol. The Morgan fingerprint density at radius 3 is 2.47 bits per heavy atom. The summed E-state index contributed by atoms with van der Waals surface area (Å²) in [6.07, 6.45) is 0.443. The smallest absolute Gasteiger partial charge is 0.410 e. The Kier molecular flexibility index (Phi) is 7.61. The average Bonchev–Trinajstić information content (AvgIpc) is 3.15. The molecule has 1 aromatic carbocycles. The molecule has 0 atom stereocenters. The van der Waals surface area contributed by atoms with Crippen LogP contribution in [0.3, 0.4) is 0 Å². The zero-order valence-electron chi connectivity index (χ0n) is 21.1. The number of anilines is 2. The quantitative estimate of drug-likeness (QED) is 0.457. The Bertz CT molecular complexity index is 1260. The highest BCUT2D eigenvalue weighted by Crippen LogP contribution is 2.35. The molecule has 0 aliphatic carbocycles. The SMILES string of the molecule is Cc1cc(Cl)nc2sc(C(=O)NCCc3ccc(N4CCN(C(=O)OC(C)(C)C)CC4)cc3)c(N)c12. The summed E-state index contributed by atoms with van der Waals surface area (Å²) in [5.41, 5.74) is 9.36. The number of pyridine rings is 1. The number of benzene rings is 1. The minimum atomic E-state index is -0.488. The fourth-order valence-corrected chi connectivity index (χ4v) is 5.57. The molecule has 8 nitrogen and oxygen atoms in total. The highest BCUT2D eigenvalue weighted by atomic mass is 35.5. The van der Waals surface area contributed by atoms with E-state index in [4.69, 9.17) is 22.1 Å². The Morgan fingerprint density at radius 1 is 1.17 bits per heavy atom. The van der Waals surface area contributed by atoms with Crippen molar-refractivity contribution in [3.8, 4) is 0 Å². The molecule has 1 aliphatic heterocycles. The van der Waals surface area contributed by atoms with Crippen LogP contribution in [0.25, 0.3) is 10.2 Å². The van der Waals surface area contributed by atoms with Gasteiger partial charge in [-0.25, -0.2) is 9.78 Å². The van der Waals surface area contributed by atoms with Crippen LogP contribution in [0.15, 0.2) is 30.3 Å². The van der Waals surface area contributed by atoms with E-state index in [0.717, 1.165) is 35.3 Å². The lowest BCUT2D eigenvalue weighted by molar-refractivity contribution is 0.0240. The number of nitrogen functional groups attached to an aromatic ring is 1. The molecule has 0 bridgehead atoms. The molecule has 4 rings (SSSR count). The van der Waals surface area contributed by atoms with Gasteiger partial charge in [-0.1, -0.05) is 23.7 Å². The molecule has 0 radical (unpaired) electrons. The van der Waals surface area contributed by atoms with Crippen LogP contribution in [0.1, 0.15) is 41.6 Å². The number of piperazine rings is 1. The second kappa shape index (κ2) is 10.5. The third-order valence-corrected chi connectivity index (χ3v) is 7.29. The van der Waals surface area contributed by atoms with Crippen molar-refractivity contribution in [1.82, 2.24) is 15.2 Å². The van der Waals surface area contributed by atoms with Gasteiger partial charge in [-0.05, 0) is 63.4 Å². The number of thiophene rings is 1. The van der Waals surface area contributed by atoms with E-state index < -0.39 is 5.60 Å². The molecule has 1 aliphatic rings. The molecule has 0 spiro atoms. The standard InChI is InChI=1S/C26H32ClN5O3S/c1-16-15-19(27)30-24-20(16)21(28)22(36-24)23(33)29-10-9-17-5-7-18(8-6-17)31-11-13-32(14-12-31)25(34)35-26(2,3)4/h5-8,15H,9-14,28H2,1-4H3,(H,29,33). The first-order valence-corrected chi connectivity index (χ1v) is 13.2. The minimum absolute atomic E-state index is 0.203. The van der Waals surface area contributed by atoms with E-state index >= 15 is 0 Å². The first-order chi connectivity index (χ1) is 17.0. The zero-order valence-corrected chi connectivity index (χ0v) is 22.6. The van der Waals surface area contributed by atoms with Crippen LogP contribution in [0.5, 0.6) is 0 Å². The lowest BCUT2D eigenvalue weighted by atomic mass is 10.1. The van der Waals surface area contributed by atoms with Gasteiger partial charge in [-0.15, -0.1) is 11.3 Å². The molecule has 3 aromatic rings. The van der Waals surface area contributed by atoms with Gasteiger partial charge in [0.25, 0.3) is 5.91 Å². The predicted molar refractivity (Wildman–Crippen MR) is 146 cm³/mol. The molecule has 3 N–H and O–H groups in total. The van der Waals surface area contributed by atoms with Gasteiger partial charge < -0.3 is 25.6 Å². The fourth-order valence-electron chi connectivity index (χ4n) is 4.19. The van der Waals surface area contributed by atoms with Crippen molar-refractivity contribution in [2.45, 2.75) is 39.7 Å². The first kappa shape index (κ1) is 26.0. The maximum absolute atomic E-state index is 12.7. The van der Waals surface area contributed by atoms with Gasteiger partial charge >= 0.3 is 6.09 Å². The summed E-state index contributed by atoms with van der Waals surface area (Å²) < 4.78 is 5.47. The van der Waals surface area contributed by atoms with E-state index in [2.05, 4.69) is 39.5 Å². The number of rotatable bonds is 5. The van der Waals surface area contributed by atoms with Gasteiger partial charge in [-0.3, -0.25) is 4.79 Å². The number of ether oxygens (including phenoxy) is 1. The summed E-state index contributed by atoms with van der Waals surface area (Å²) in [4.78, 5) is 34.5. The van der Waals surface area contributed by atoms with Crippen molar-refractivity contribution < 1.29 is 14.3 Å². The number of amides is 2. The van der Waals surface area contributed by atoms with Gasteiger partial charge in [0.1, 0.15) is 20.5 Å². The molecule has 1 saturated heterocycles. The van der Waals surface area contributed by atoms with Crippen molar-refractivity contribution >= 4 is 56.5 Å². The Hall–Kier alpha value is -3.04. The topological polar surface area (TPSA) is 101 Å². The van der Waals surface area contributed by atoms with E-state index in [1.54, 1.807) is 11.0 Å². The van der Waals surface area contributed by atoms with Gasteiger partial charge in [0.2, 0.25) is 0 Å². The third-order valence-electron chi connectivity index (χ3n) is 6.00. The van der Waals surface area contributed by atoms with Gasteiger partial charge in [0.15, 0.2) is 0 Å². The first-order valence-electron chi connectivity index (χ1n) is 12.0. The van der Waals surface area contributed by atoms with E-state index in [1.807, 2.05) is 27.7 Å². The van der Waals surface area contributed by atoms with Crippen LogP contribution in [0.4, 0.5) is 16.2 Å². The lowest BCUT2D eigenvalue weighted by Gasteiger charge is -2.36. The molecule has 0 unspecified atom stereocenters. The predicted octanol–water partition coefficient (Wildman–Crippen LogP) is 4.87. The summed E-state index contributed by atoms with van der Waals surface area (Å²) in [7, 11) is 0. The van der Waals surface area contributed by atoms with Crippen molar-refractivity contribution in [2.75, 3.05) is 43.4 Å². The molecule has 3 heterocycles. The minimum Gasteiger partial charge on any atom is -0.444 e. The Balaban J connectivity index is 1.28. The van der Waals surface area contributed by atoms with E-state index in [1.165, 1.54) is 11.3 Å². The maximum Gasteiger partial charge on any atom is 0.410 e. The second-order valence-corrected chi connectivity index (χ2v) is 11.3. The van der Waals surface area contributed by atoms with Gasteiger partial charge in [0.05, 0.1) is 5.69 Å². The van der Waals surface area contributed by atoms with Crippen molar-refractivity contribution in [3.05, 3.63) is 51.5 Å². The van der Waals surface area contributed by atoms with Gasteiger partial charge in [-0.2, -0.15) is 0 Å². The number of aryl methyl sites for hydroxylation is 1. The molecule has 0 saturated carbocycles. The Morgan fingerprint density at radius 2 is 1.83 bits per heavy atom. The molecular formula is C26H32ClN5O3S. The number of halogens is 1. The highest BCUT2D eigenvalue weighted by molar-refractivity contribution is 7.21. The third kappa shape index (κ3) is 6.02. The van der Waals surface area contributed by atoms with Crippen LogP contribution in [0, 0.1) is 6.92 Å². The summed E-state index contributed by atoms with van der Waals surface area (Å²) >= 11 is 7.31. The molecule has 36 heavy (non-hydrogen) atoms. The number of nitrogens with zero attached hydrogens (tertiary/aromatic N) is 3. The number of hydrogen-bond acceptors (Lipinski definition) is 7. The normalized spacial score (nSPS) is 14.2. The number of carbonyl (C=O) groups is 2. The molecule has 1 fully saturated rings. The fraction of sp³-hybridized carbons (Fsp3) is 0.423. The van der Waals surface area contributed by atoms with Crippen molar-refractivity contribution in [2.24, 2.45) is 0 Å². The summed E-state index contributed by atoms with van der Waals surface area (Å²) in [6.45, 7) is 10.8. The summed E-state index contributed by atoms with van der Waals surface area (Å²) in [5, 5.41) is 4.14. The number of nitrogens with one attached hydrogen (secondary N) is 1. The van der Waals surface area contributed by atoms with Crippen LogP contribution < -0.4 is 16.0 Å². The molecule has 192 valence electrons. The van der Waals surface area contributed by atoms with Crippen LogP contribution in [0.2, 0.25) is 5.15 Å². The molecule has 10 heteroatoms. The largest absolute Gasteiger partial charge is 0.444 e. The summed E-state index contributed by atoms with van der Waals surface area (Å²) in [6, 6.07) is 10.1. The van der Waals surface area contributed by atoms with Crippen LogP contribution in [-0.2, 0) is 11.2 Å². The Labute approximate surface area is 220 Å². The van der Waals surface area contributed by atoms with Crippen LogP contribution >= 0.6 is 22.9 Å². The van der Waals surface area contributed by atoms with Crippen molar-refractivity contribution in [1.29, 1.82) is 0 Å². The van der Waals surface area contributed by atoms with Crippen molar-refractivity contribution in [3.63, 3.8) is 0 Å². The van der Waals surface area contributed by atoms with Crippen LogP contribution in [-0.4, -0.2) is 60.2 Å². The molecule has 2 amide bonds. The average molecular weight is 530 g/mol. The number of fused-ring (bicyclic) bond motifs is 1. The zero-order chi connectivity index (χ0) is 26.0. The van der Waals surface area contributed by atoms with E-state index in [9.17, 15) is 9.59 Å². The number of carbonyl (C=O) groups excluding carboxylic acids is 2. The van der Waals surface area contributed by atoms with E-state index in [-0.39, 0.29) is 12.0 Å². The van der Waals surface area contributed by atoms with Gasteiger partial charge in [0, 0.05) is 43.8 Å². The molecule has 2 aromatic heterocycles. The lowest BCUT2D eigenvalue weighted by Crippen LogP contribution is -2.50. The highest BCUT2D eigenvalue weighted by Gasteiger charge is 2.26. The van der Waals surface area contributed by atoms with E-state index in [0.29, 0.717) is 46.6 Å². The number of hydrogen-bond donors (Lipinski definition) is 2. The monoisotopic (exact) mass is 529 g/mol. The second-order valence-electron chi connectivity index (χ2n) is 9.91. The summed E-state index contributed by atoms with van der Waals surface area (Å²) in [5.74, 6) is -0.203. The number of aromatic nitrogens is 1.